The van der Waals surface area contributed by atoms with Crippen LogP contribution in [0.4, 0.5) is 0 Å². The molecule has 0 aromatic heterocycles. The minimum Gasteiger partial charge on any atom is -0.307 e. The van der Waals surface area contributed by atoms with Gasteiger partial charge in [-0.3, -0.25) is 0 Å². The molecule has 0 heterocycles. The third kappa shape index (κ3) is 50.4. The van der Waals surface area contributed by atoms with Gasteiger partial charge in [0.05, 0.1) is 0 Å². The minimum absolute atomic E-state index is 0. The maximum absolute atomic E-state index is 8.00. The van der Waals surface area contributed by atoms with E-state index in [1.807, 2.05) is 27.2 Å². The largest absolute Gasteiger partial charge is 0.307 e. The quantitative estimate of drug-likeness (QED) is 0.447. The molecule has 136 valence electrons. The molecule has 0 aliphatic rings. The molecule has 0 fully saturated rings. The fourth-order valence-corrected chi connectivity index (χ4v) is 4.44. The molecule has 0 aromatic rings. The molecular weight excluding hydrogens is 343 g/mol. The summed E-state index contributed by atoms with van der Waals surface area (Å²) in [7, 11) is 0.422. The summed E-state index contributed by atoms with van der Waals surface area (Å²) in [5.41, 5.74) is 0. The number of hydrogen-bond acceptors (Lipinski definition) is 4. The Morgan fingerprint density at radius 1 is 0.545 bits per heavy atom. The summed E-state index contributed by atoms with van der Waals surface area (Å²) in [6.45, 7) is 14.9. The third-order valence-corrected chi connectivity index (χ3v) is 5.33. The van der Waals surface area contributed by atoms with Crippen LogP contribution in [-0.4, -0.2) is 45.6 Å². The molecule has 0 bridgehead atoms. The van der Waals surface area contributed by atoms with E-state index in [1.54, 1.807) is 18.5 Å². The van der Waals surface area contributed by atoms with Gasteiger partial charge in [0.25, 0.3) is 0 Å². The van der Waals surface area contributed by atoms with Gasteiger partial charge < -0.3 is 19.2 Å². The molecule has 0 saturated carbocycles. The Bertz CT molecular complexity index is 127. The van der Waals surface area contributed by atoms with E-state index in [1.165, 1.54) is 38.5 Å². The Balaban J connectivity index is -0.0000000613. The summed E-state index contributed by atoms with van der Waals surface area (Å²) < 4.78 is 0. The smallest absolute Gasteiger partial charge is 0.106 e. The van der Waals surface area contributed by atoms with Crippen molar-refractivity contribution in [3.63, 3.8) is 0 Å². The molecule has 0 N–H and O–H groups in total. The molecule has 0 amide bonds. The average molecular weight is 378 g/mol. The molecule has 0 radical (unpaired) electrons. The zero-order valence-electron chi connectivity index (χ0n) is 14.6. The van der Waals surface area contributed by atoms with Gasteiger partial charge in [-0.25, -0.2) is 0 Å². The normalized spacial score (nSPS) is 7.27. The first-order valence-electron chi connectivity index (χ1n) is 7.22. The van der Waals surface area contributed by atoms with Crippen molar-refractivity contribution in [2.75, 3.05) is 18.5 Å². The predicted molar refractivity (Wildman–Crippen MR) is 94.7 cm³/mol. The molecular formula is C16H35FeO4P. The van der Waals surface area contributed by atoms with Gasteiger partial charge in [-0.15, -0.1) is 7.92 Å². The zero-order valence-corrected chi connectivity index (χ0v) is 16.6. The van der Waals surface area contributed by atoms with Crippen LogP contribution in [0, 0.1) is 0 Å². The van der Waals surface area contributed by atoms with Crippen LogP contribution in [0.2, 0.25) is 0 Å². The van der Waals surface area contributed by atoms with Crippen LogP contribution in [-0.2, 0) is 36.2 Å². The summed E-state index contributed by atoms with van der Waals surface area (Å²) in [5.74, 6) is 0. The van der Waals surface area contributed by atoms with Gasteiger partial charge in [-0.1, -0.05) is 40.0 Å². The number of unbranched alkanes of at least 4 members (excludes halogenated alkanes) is 3. The molecule has 0 rings (SSSR count). The predicted octanol–water partition coefficient (Wildman–Crippen LogP) is 4.13. The third-order valence-electron chi connectivity index (χ3n) is 2.48. The summed E-state index contributed by atoms with van der Waals surface area (Å²) in [6.07, 6.45) is 13.2. The molecule has 4 nitrogen and oxygen atoms in total. The minimum atomic E-state index is 0. The maximum atomic E-state index is 8.00. The fourth-order valence-electron chi connectivity index (χ4n) is 1.48. The molecule has 0 spiro atoms. The molecule has 0 atom stereocenters. The van der Waals surface area contributed by atoms with E-state index in [0.29, 0.717) is 7.92 Å². The van der Waals surface area contributed by atoms with Crippen LogP contribution in [0.15, 0.2) is 0 Å². The standard InChI is InChI=1S/C12H27P.4CH2O.Fe/c1-4-7-10-13(11-8-5-2)12-9-6-3;4*1-2;/h4-12H2,1-3H3;4*1H2;. The first kappa shape index (κ1) is 37.7. The summed E-state index contributed by atoms with van der Waals surface area (Å²) in [4.78, 5) is 32.0. The van der Waals surface area contributed by atoms with E-state index in [-0.39, 0.29) is 17.1 Å². The number of hydrogen-bond donors (Lipinski definition) is 0. The number of carbonyl (C=O) groups excluding carboxylic acids is 4. The van der Waals surface area contributed by atoms with E-state index in [0.717, 1.165) is 0 Å². The summed E-state index contributed by atoms with van der Waals surface area (Å²) in [6, 6.07) is 0. The van der Waals surface area contributed by atoms with E-state index < -0.39 is 0 Å². The van der Waals surface area contributed by atoms with Crippen molar-refractivity contribution >= 4 is 35.1 Å². The number of rotatable bonds is 9. The van der Waals surface area contributed by atoms with Crippen LogP contribution in [0.5, 0.6) is 0 Å². The van der Waals surface area contributed by atoms with Gasteiger partial charge in [0.15, 0.2) is 0 Å². The van der Waals surface area contributed by atoms with E-state index in [4.69, 9.17) is 19.2 Å². The SMILES string of the molecule is C=O.C=O.C=O.C=O.CCCCP(CCCC)CCCC.[Fe]. The van der Waals surface area contributed by atoms with Crippen LogP contribution in [0.1, 0.15) is 59.3 Å². The van der Waals surface area contributed by atoms with Crippen LogP contribution >= 0.6 is 7.92 Å². The van der Waals surface area contributed by atoms with Crippen LogP contribution < -0.4 is 0 Å². The summed E-state index contributed by atoms with van der Waals surface area (Å²) in [5, 5.41) is 0. The molecule has 0 aliphatic carbocycles. The second-order valence-electron chi connectivity index (χ2n) is 3.90. The van der Waals surface area contributed by atoms with Crippen LogP contribution in [0.25, 0.3) is 0 Å². The van der Waals surface area contributed by atoms with E-state index in [2.05, 4.69) is 20.8 Å². The van der Waals surface area contributed by atoms with Crippen molar-refractivity contribution in [3.8, 4) is 0 Å². The first-order valence-corrected chi connectivity index (χ1v) is 9.12. The zero-order chi connectivity index (χ0) is 17.9. The van der Waals surface area contributed by atoms with E-state index >= 15 is 0 Å². The summed E-state index contributed by atoms with van der Waals surface area (Å²) >= 11 is 0. The monoisotopic (exact) mass is 378 g/mol. The second-order valence-corrected chi connectivity index (χ2v) is 6.59. The molecule has 0 saturated heterocycles. The maximum Gasteiger partial charge on any atom is 0.106 e. The van der Waals surface area contributed by atoms with Crippen molar-refractivity contribution in [3.05, 3.63) is 0 Å². The van der Waals surface area contributed by atoms with Gasteiger partial charge in [-0.05, 0) is 37.7 Å². The topological polar surface area (TPSA) is 68.3 Å². The van der Waals surface area contributed by atoms with Crippen molar-refractivity contribution in [2.24, 2.45) is 0 Å². The van der Waals surface area contributed by atoms with Crippen LogP contribution in [0.3, 0.4) is 0 Å². The van der Waals surface area contributed by atoms with Crippen molar-refractivity contribution in [2.45, 2.75) is 59.3 Å². The Morgan fingerprint density at radius 2 is 0.727 bits per heavy atom. The Morgan fingerprint density at radius 3 is 0.864 bits per heavy atom. The fraction of sp³-hybridized carbons (Fsp3) is 0.750. The van der Waals surface area contributed by atoms with Gasteiger partial charge in [-0.2, -0.15) is 0 Å². The second kappa shape index (κ2) is 58.8. The number of carbonyl (C=O) groups is 4. The molecule has 0 aromatic carbocycles. The molecule has 0 aliphatic heterocycles. The Hall–Kier alpha value is -0.371. The van der Waals surface area contributed by atoms with Crippen molar-refractivity contribution < 1.29 is 36.2 Å². The van der Waals surface area contributed by atoms with E-state index in [9.17, 15) is 0 Å². The van der Waals surface area contributed by atoms with Gasteiger partial charge in [0.1, 0.15) is 27.2 Å². The molecule has 6 heteroatoms. The van der Waals surface area contributed by atoms with Gasteiger partial charge in [0.2, 0.25) is 0 Å². The Labute approximate surface area is 149 Å². The van der Waals surface area contributed by atoms with Gasteiger partial charge >= 0.3 is 0 Å². The molecule has 0 unspecified atom stereocenters. The Kier molecular flexibility index (Phi) is 101. The van der Waals surface area contributed by atoms with Crippen molar-refractivity contribution in [1.29, 1.82) is 0 Å². The van der Waals surface area contributed by atoms with Gasteiger partial charge in [0, 0.05) is 17.1 Å². The first-order chi connectivity index (χ1) is 10.3. The van der Waals surface area contributed by atoms with Crippen molar-refractivity contribution in [1.82, 2.24) is 0 Å². The molecule has 22 heavy (non-hydrogen) atoms. The average Bonchev–Trinajstić information content (AvgIpc) is 2.61.